The SMILES string of the molecule is COc1ccc(C)cc1S(=O)(=O)Nc1nc(-c2ccccc2OCCN(C)C)cs1. The molecule has 0 amide bonds. The molecule has 0 saturated carbocycles. The zero-order chi connectivity index (χ0) is 21.7. The lowest BCUT2D eigenvalue weighted by atomic mass is 10.1. The van der Waals surface area contributed by atoms with Crippen molar-refractivity contribution in [1.29, 1.82) is 0 Å². The first kappa shape index (κ1) is 22.1. The van der Waals surface area contributed by atoms with Gasteiger partial charge < -0.3 is 14.4 Å². The molecule has 30 heavy (non-hydrogen) atoms. The number of likely N-dealkylation sites (N-methyl/N-ethyl adjacent to an activating group) is 1. The molecule has 9 heteroatoms. The predicted molar refractivity (Wildman–Crippen MR) is 120 cm³/mol. The monoisotopic (exact) mass is 447 g/mol. The third-order valence-electron chi connectivity index (χ3n) is 4.29. The number of hydrogen-bond donors (Lipinski definition) is 1. The molecule has 3 aromatic rings. The lowest BCUT2D eigenvalue weighted by Crippen LogP contribution is -2.19. The third kappa shape index (κ3) is 5.29. The molecule has 0 atom stereocenters. The van der Waals surface area contributed by atoms with Crippen LogP contribution in [0.3, 0.4) is 0 Å². The summed E-state index contributed by atoms with van der Waals surface area (Å²) < 4.78 is 39.5. The van der Waals surface area contributed by atoms with Crippen molar-refractivity contribution in [3.8, 4) is 22.8 Å². The number of methoxy groups -OCH3 is 1. The van der Waals surface area contributed by atoms with Crippen LogP contribution in [0.25, 0.3) is 11.3 Å². The molecule has 0 radical (unpaired) electrons. The second-order valence-corrected chi connectivity index (χ2v) is 9.45. The van der Waals surface area contributed by atoms with Gasteiger partial charge >= 0.3 is 0 Å². The fourth-order valence-electron chi connectivity index (χ4n) is 2.75. The van der Waals surface area contributed by atoms with E-state index in [0.717, 1.165) is 17.7 Å². The van der Waals surface area contributed by atoms with E-state index >= 15 is 0 Å². The number of anilines is 1. The summed E-state index contributed by atoms with van der Waals surface area (Å²) in [7, 11) is 1.56. The molecule has 0 aliphatic carbocycles. The molecule has 1 aromatic heterocycles. The molecule has 0 unspecified atom stereocenters. The van der Waals surface area contributed by atoms with E-state index in [4.69, 9.17) is 9.47 Å². The molecular weight excluding hydrogens is 422 g/mol. The zero-order valence-electron chi connectivity index (χ0n) is 17.4. The lowest BCUT2D eigenvalue weighted by molar-refractivity contribution is 0.262. The van der Waals surface area contributed by atoms with Gasteiger partial charge in [-0.3, -0.25) is 4.72 Å². The summed E-state index contributed by atoms with van der Waals surface area (Å²) in [6, 6.07) is 12.6. The number of ether oxygens (including phenoxy) is 2. The van der Waals surface area contributed by atoms with Crippen LogP contribution in [0.2, 0.25) is 0 Å². The summed E-state index contributed by atoms with van der Waals surface area (Å²) in [5.41, 5.74) is 2.28. The van der Waals surface area contributed by atoms with Crippen molar-refractivity contribution in [2.75, 3.05) is 39.1 Å². The molecular formula is C21H25N3O4S2. The fraction of sp³-hybridized carbons (Fsp3) is 0.286. The highest BCUT2D eigenvalue weighted by atomic mass is 32.2. The number of nitrogens with zero attached hydrogens (tertiary/aromatic N) is 2. The van der Waals surface area contributed by atoms with Crippen LogP contribution in [0.1, 0.15) is 5.56 Å². The molecule has 0 aliphatic heterocycles. The number of rotatable bonds is 9. The normalized spacial score (nSPS) is 11.5. The lowest BCUT2D eigenvalue weighted by Gasteiger charge is -2.13. The van der Waals surface area contributed by atoms with Crippen molar-refractivity contribution in [3.63, 3.8) is 0 Å². The van der Waals surface area contributed by atoms with Gasteiger partial charge in [0.1, 0.15) is 23.0 Å². The van der Waals surface area contributed by atoms with Crippen molar-refractivity contribution in [2.24, 2.45) is 0 Å². The van der Waals surface area contributed by atoms with Crippen LogP contribution in [0.4, 0.5) is 5.13 Å². The number of para-hydroxylation sites is 1. The zero-order valence-corrected chi connectivity index (χ0v) is 19.0. The highest BCUT2D eigenvalue weighted by molar-refractivity contribution is 7.93. The molecule has 0 spiro atoms. The van der Waals surface area contributed by atoms with Crippen LogP contribution in [-0.4, -0.2) is 52.7 Å². The van der Waals surface area contributed by atoms with Gasteiger partial charge in [-0.25, -0.2) is 13.4 Å². The number of aryl methyl sites for hydroxylation is 1. The molecule has 2 aromatic carbocycles. The van der Waals surface area contributed by atoms with Gasteiger partial charge in [0.2, 0.25) is 0 Å². The Kier molecular flexibility index (Phi) is 6.96. The number of aromatic nitrogens is 1. The molecule has 3 rings (SSSR count). The molecule has 0 aliphatic rings. The van der Waals surface area contributed by atoms with E-state index in [-0.39, 0.29) is 15.8 Å². The van der Waals surface area contributed by atoms with Gasteiger partial charge in [-0.15, -0.1) is 11.3 Å². The van der Waals surface area contributed by atoms with Crippen LogP contribution in [-0.2, 0) is 10.0 Å². The van der Waals surface area contributed by atoms with E-state index in [2.05, 4.69) is 9.71 Å². The van der Waals surface area contributed by atoms with E-state index < -0.39 is 10.0 Å². The molecule has 7 nitrogen and oxygen atoms in total. The summed E-state index contributed by atoms with van der Waals surface area (Å²) in [5.74, 6) is 0.990. The van der Waals surface area contributed by atoms with Gasteiger partial charge in [-0.2, -0.15) is 0 Å². The number of sulfonamides is 1. The Bertz CT molecular complexity index is 1110. The summed E-state index contributed by atoms with van der Waals surface area (Å²) in [5, 5.41) is 2.08. The van der Waals surface area contributed by atoms with E-state index in [1.165, 1.54) is 18.4 Å². The van der Waals surface area contributed by atoms with Crippen molar-refractivity contribution in [2.45, 2.75) is 11.8 Å². The molecule has 1 heterocycles. The van der Waals surface area contributed by atoms with Gasteiger partial charge in [0, 0.05) is 17.5 Å². The Labute approximate surface area is 181 Å². The second-order valence-electron chi connectivity index (χ2n) is 6.95. The Hall–Kier alpha value is -2.62. The quantitative estimate of drug-likeness (QED) is 0.536. The summed E-state index contributed by atoms with van der Waals surface area (Å²) in [4.78, 5) is 6.59. The van der Waals surface area contributed by atoms with Crippen LogP contribution in [0.5, 0.6) is 11.5 Å². The standard InChI is InChI=1S/C21H25N3O4S2/c1-15-9-10-19(27-4)20(13-15)30(25,26)23-21-22-17(14-29-21)16-7-5-6-8-18(16)28-12-11-24(2)3/h5-10,13-14H,11-12H2,1-4H3,(H,22,23). The minimum absolute atomic E-state index is 0.0779. The average Bonchev–Trinajstić information content (AvgIpc) is 3.15. The summed E-state index contributed by atoms with van der Waals surface area (Å²) in [6.45, 7) is 3.16. The van der Waals surface area contributed by atoms with Crippen LogP contribution < -0.4 is 14.2 Å². The first-order valence-electron chi connectivity index (χ1n) is 9.30. The van der Waals surface area contributed by atoms with Crippen LogP contribution >= 0.6 is 11.3 Å². The van der Waals surface area contributed by atoms with Gasteiger partial charge in [0.15, 0.2) is 5.13 Å². The van der Waals surface area contributed by atoms with E-state index in [1.54, 1.807) is 23.6 Å². The molecule has 0 saturated heterocycles. The van der Waals surface area contributed by atoms with Crippen molar-refractivity contribution < 1.29 is 17.9 Å². The van der Waals surface area contributed by atoms with Gasteiger partial charge in [0.25, 0.3) is 10.0 Å². The smallest absolute Gasteiger partial charge is 0.267 e. The number of nitrogens with one attached hydrogen (secondary N) is 1. The molecule has 0 fully saturated rings. The second kappa shape index (κ2) is 9.46. The van der Waals surface area contributed by atoms with Crippen molar-refractivity contribution in [3.05, 3.63) is 53.4 Å². The summed E-state index contributed by atoms with van der Waals surface area (Å²) in [6.07, 6.45) is 0. The largest absolute Gasteiger partial charge is 0.495 e. The maximum Gasteiger partial charge on any atom is 0.267 e. The van der Waals surface area contributed by atoms with E-state index in [0.29, 0.717) is 18.1 Å². The number of thiazole rings is 1. The van der Waals surface area contributed by atoms with Gasteiger partial charge in [-0.05, 0) is 50.8 Å². The highest BCUT2D eigenvalue weighted by Gasteiger charge is 2.22. The fourth-order valence-corrected chi connectivity index (χ4v) is 4.97. The Morgan fingerprint density at radius 2 is 1.90 bits per heavy atom. The molecule has 1 N–H and O–H groups in total. The predicted octanol–water partition coefficient (Wildman–Crippen LogP) is 3.87. The minimum Gasteiger partial charge on any atom is -0.495 e. The van der Waals surface area contributed by atoms with Crippen molar-refractivity contribution >= 4 is 26.5 Å². The Morgan fingerprint density at radius 3 is 2.63 bits per heavy atom. The van der Waals surface area contributed by atoms with E-state index in [1.807, 2.05) is 50.2 Å². The Balaban J connectivity index is 1.83. The third-order valence-corrected chi connectivity index (χ3v) is 6.54. The highest BCUT2D eigenvalue weighted by Crippen LogP contribution is 2.33. The average molecular weight is 448 g/mol. The van der Waals surface area contributed by atoms with Gasteiger partial charge in [-0.1, -0.05) is 18.2 Å². The maximum absolute atomic E-state index is 12.9. The van der Waals surface area contributed by atoms with Crippen LogP contribution in [0, 0.1) is 6.92 Å². The van der Waals surface area contributed by atoms with Crippen molar-refractivity contribution in [1.82, 2.24) is 9.88 Å². The number of benzene rings is 2. The van der Waals surface area contributed by atoms with Crippen LogP contribution in [0.15, 0.2) is 52.7 Å². The first-order valence-corrected chi connectivity index (χ1v) is 11.7. The topological polar surface area (TPSA) is 80.8 Å². The number of hydrogen-bond acceptors (Lipinski definition) is 7. The Morgan fingerprint density at radius 1 is 1.13 bits per heavy atom. The maximum atomic E-state index is 12.9. The van der Waals surface area contributed by atoms with E-state index in [9.17, 15) is 8.42 Å². The minimum atomic E-state index is -3.85. The summed E-state index contributed by atoms with van der Waals surface area (Å²) >= 11 is 1.22. The molecule has 0 bridgehead atoms. The van der Waals surface area contributed by atoms with Gasteiger partial charge in [0.05, 0.1) is 12.8 Å². The molecule has 160 valence electrons. The first-order chi connectivity index (χ1) is 14.3.